The molecule has 2 N–H and O–H groups in total. The Kier molecular flexibility index (Phi) is 9.23. The Hall–Kier alpha value is -4.86. The topological polar surface area (TPSA) is 102 Å². The number of hydrogen-bond acceptors (Lipinski definition) is 6. The summed E-state index contributed by atoms with van der Waals surface area (Å²) in [5.41, 5.74) is 1.82. The molecule has 0 aliphatic carbocycles. The number of rotatable bonds is 12. The number of benzene rings is 3. The number of aliphatic carboxylic acids is 1. The number of carbonyl (C=O) groups is 2. The number of carbonyl (C=O) groups excluding carboxylic acids is 1. The van der Waals surface area contributed by atoms with Gasteiger partial charge >= 0.3 is 5.97 Å². The fourth-order valence-corrected chi connectivity index (χ4v) is 4.09. The number of ketones is 1. The lowest BCUT2D eigenvalue weighted by molar-refractivity contribution is -0.139. The molecule has 1 aromatic heterocycles. The highest BCUT2D eigenvalue weighted by Crippen LogP contribution is 2.22. The molecule has 0 spiro atoms. The zero-order valence-electron chi connectivity index (χ0n) is 22.3. The van der Waals surface area contributed by atoms with Gasteiger partial charge in [-0.25, -0.2) is 22.9 Å². The predicted molar refractivity (Wildman–Crippen MR) is 145 cm³/mol. The number of aryl methyl sites for hydroxylation is 1. The predicted octanol–water partition coefficient (Wildman–Crippen LogP) is 6.06. The smallest absolute Gasteiger partial charge is 0.326 e. The van der Waals surface area contributed by atoms with E-state index in [9.17, 15) is 27.9 Å². The Labute approximate surface area is 234 Å². The van der Waals surface area contributed by atoms with Crippen LogP contribution < -0.4 is 10.1 Å². The summed E-state index contributed by atoms with van der Waals surface area (Å²) in [6.45, 7) is 3.63. The van der Waals surface area contributed by atoms with Gasteiger partial charge in [-0.15, -0.1) is 0 Å². The summed E-state index contributed by atoms with van der Waals surface area (Å²) in [5.74, 6) is -4.25. The number of oxazole rings is 1. The first-order chi connectivity index (χ1) is 19.6. The molecule has 0 aliphatic heterocycles. The first-order valence-electron chi connectivity index (χ1n) is 12.7. The molecular formula is C31H27F3N2O5. The average molecular weight is 565 g/mol. The molecule has 3 aromatic carbocycles. The second-order valence-electron chi connectivity index (χ2n) is 9.31. The molecule has 0 aliphatic rings. The highest BCUT2D eigenvalue weighted by atomic mass is 19.2. The van der Waals surface area contributed by atoms with Gasteiger partial charge in [0.1, 0.15) is 23.4 Å². The second kappa shape index (κ2) is 13.0. The third-order valence-electron chi connectivity index (χ3n) is 6.21. The number of allylic oxidation sites excluding steroid dienone is 2. The van der Waals surface area contributed by atoms with Crippen LogP contribution in [0.15, 0.2) is 82.9 Å². The molecule has 0 saturated carbocycles. The molecule has 4 rings (SSSR count). The number of hydrogen-bond donors (Lipinski definition) is 2. The van der Waals surface area contributed by atoms with E-state index >= 15 is 0 Å². The van der Waals surface area contributed by atoms with E-state index in [0.29, 0.717) is 36.3 Å². The number of ether oxygens (including phenoxy) is 1. The summed E-state index contributed by atoms with van der Waals surface area (Å²) in [5, 5.41) is 12.4. The Morgan fingerprint density at radius 1 is 1.02 bits per heavy atom. The van der Waals surface area contributed by atoms with E-state index in [2.05, 4.69) is 10.3 Å². The fraction of sp³-hybridized carbons (Fsp3) is 0.194. The third-order valence-corrected chi connectivity index (χ3v) is 6.21. The SMILES string of the molecule is C/C(=C/C(=O)c1cc(F)c(F)cc1F)NC(Cc1ccc(OCCc2nc(-c3ccccc3)oc2C)cc1)C(=O)O. The van der Waals surface area contributed by atoms with Crippen LogP contribution in [0, 0.1) is 24.4 Å². The molecule has 41 heavy (non-hydrogen) atoms. The molecule has 0 bridgehead atoms. The van der Waals surface area contributed by atoms with Gasteiger partial charge in [0.15, 0.2) is 17.4 Å². The summed E-state index contributed by atoms with van der Waals surface area (Å²) in [6.07, 6.45) is 1.53. The molecular weight excluding hydrogens is 537 g/mol. The van der Waals surface area contributed by atoms with Crippen molar-refractivity contribution in [3.63, 3.8) is 0 Å². The summed E-state index contributed by atoms with van der Waals surface area (Å²) in [6, 6.07) is 16.1. The van der Waals surface area contributed by atoms with Crippen LogP contribution in [0.4, 0.5) is 13.2 Å². The zero-order valence-corrected chi connectivity index (χ0v) is 22.3. The lowest BCUT2D eigenvalue weighted by atomic mass is 10.0. The van der Waals surface area contributed by atoms with E-state index in [4.69, 9.17) is 9.15 Å². The van der Waals surface area contributed by atoms with Gasteiger partial charge in [0.25, 0.3) is 0 Å². The van der Waals surface area contributed by atoms with Crippen LogP contribution >= 0.6 is 0 Å². The van der Waals surface area contributed by atoms with E-state index in [1.54, 1.807) is 24.3 Å². The quantitative estimate of drug-likeness (QED) is 0.123. The molecule has 1 heterocycles. The van der Waals surface area contributed by atoms with E-state index < -0.39 is 40.8 Å². The van der Waals surface area contributed by atoms with Crippen molar-refractivity contribution in [2.24, 2.45) is 0 Å². The highest BCUT2D eigenvalue weighted by Gasteiger charge is 2.20. The minimum absolute atomic E-state index is 0.0644. The van der Waals surface area contributed by atoms with Crippen LogP contribution in [0.5, 0.6) is 5.75 Å². The molecule has 0 fully saturated rings. The van der Waals surface area contributed by atoms with Gasteiger partial charge in [0.2, 0.25) is 5.89 Å². The average Bonchev–Trinajstić information content (AvgIpc) is 3.31. The first kappa shape index (κ1) is 29.1. The number of nitrogens with one attached hydrogen (secondary N) is 1. The van der Waals surface area contributed by atoms with Crippen LogP contribution in [0.3, 0.4) is 0 Å². The number of aromatic nitrogens is 1. The van der Waals surface area contributed by atoms with Crippen LogP contribution in [-0.2, 0) is 17.6 Å². The number of nitrogens with zero attached hydrogens (tertiary/aromatic N) is 1. The molecule has 10 heteroatoms. The summed E-state index contributed by atoms with van der Waals surface area (Å²) < 4.78 is 52.1. The lowest BCUT2D eigenvalue weighted by Gasteiger charge is -2.16. The summed E-state index contributed by atoms with van der Waals surface area (Å²) in [4.78, 5) is 28.7. The lowest BCUT2D eigenvalue weighted by Crippen LogP contribution is -2.37. The van der Waals surface area contributed by atoms with Crippen LogP contribution in [-0.4, -0.2) is 34.5 Å². The second-order valence-corrected chi connectivity index (χ2v) is 9.31. The standard InChI is InChI=1S/C31H27F3N2O5/c1-18(14-29(37)23-16-25(33)26(34)17-24(23)32)35-28(31(38)39)15-20-8-10-22(11-9-20)40-13-12-27-19(2)41-30(36-27)21-6-4-3-5-7-21/h3-11,14,16-17,28,35H,12-13,15H2,1-2H3,(H,38,39)/b18-14-. The van der Waals surface area contributed by atoms with Crippen molar-refractivity contribution < 1.29 is 37.0 Å². The Morgan fingerprint density at radius 3 is 2.39 bits per heavy atom. The molecule has 7 nitrogen and oxygen atoms in total. The van der Waals surface area contributed by atoms with E-state index in [1.165, 1.54) is 6.92 Å². The van der Waals surface area contributed by atoms with Gasteiger partial charge in [-0.2, -0.15) is 0 Å². The van der Waals surface area contributed by atoms with E-state index in [-0.39, 0.29) is 18.2 Å². The highest BCUT2D eigenvalue weighted by molar-refractivity contribution is 6.05. The van der Waals surface area contributed by atoms with Gasteiger partial charge < -0.3 is 19.6 Å². The van der Waals surface area contributed by atoms with Crippen molar-refractivity contribution >= 4 is 11.8 Å². The maximum absolute atomic E-state index is 13.9. The molecule has 212 valence electrons. The minimum atomic E-state index is -1.41. The Morgan fingerprint density at radius 2 is 1.71 bits per heavy atom. The molecule has 1 atom stereocenters. The van der Waals surface area contributed by atoms with Crippen LogP contribution in [0.1, 0.15) is 34.3 Å². The Balaban J connectivity index is 1.32. The van der Waals surface area contributed by atoms with Gasteiger partial charge in [-0.3, -0.25) is 4.79 Å². The number of halogens is 3. The van der Waals surface area contributed by atoms with E-state index in [1.807, 2.05) is 37.3 Å². The van der Waals surface area contributed by atoms with Crippen molar-refractivity contribution in [2.45, 2.75) is 32.7 Å². The summed E-state index contributed by atoms with van der Waals surface area (Å²) in [7, 11) is 0. The first-order valence-corrected chi connectivity index (χ1v) is 12.7. The van der Waals surface area contributed by atoms with Crippen LogP contribution in [0.25, 0.3) is 11.5 Å². The minimum Gasteiger partial charge on any atom is -0.493 e. The molecule has 1 unspecified atom stereocenters. The van der Waals surface area contributed by atoms with Crippen molar-refractivity contribution in [3.8, 4) is 17.2 Å². The zero-order chi connectivity index (χ0) is 29.5. The van der Waals surface area contributed by atoms with Crippen molar-refractivity contribution in [1.29, 1.82) is 0 Å². The van der Waals surface area contributed by atoms with Gasteiger partial charge in [-0.05, 0) is 49.7 Å². The third kappa shape index (κ3) is 7.63. The largest absolute Gasteiger partial charge is 0.493 e. The monoisotopic (exact) mass is 564 g/mol. The maximum Gasteiger partial charge on any atom is 0.326 e. The van der Waals surface area contributed by atoms with Crippen molar-refractivity contribution in [3.05, 3.63) is 119 Å². The molecule has 0 amide bonds. The molecule has 4 aromatic rings. The van der Waals surface area contributed by atoms with Crippen LogP contribution in [0.2, 0.25) is 0 Å². The molecule has 0 saturated heterocycles. The van der Waals surface area contributed by atoms with Gasteiger partial charge in [0.05, 0.1) is 17.9 Å². The van der Waals surface area contributed by atoms with Crippen molar-refractivity contribution in [1.82, 2.24) is 10.3 Å². The van der Waals surface area contributed by atoms with Crippen molar-refractivity contribution in [2.75, 3.05) is 6.61 Å². The van der Waals surface area contributed by atoms with Gasteiger partial charge in [-0.1, -0.05) is 30.3 Å². The normalized spacial score (nSPS) is 12.2. The van der Waals surface area contributed by atoms with Gasteiger partial charge in [0, 0.05) is 36.2 Å². The fourth-order valence-electron chi connectivity index (χ4n) is 4.09. The Bertz CT molecular complexity index is 1570. The number of carboxylic acids is 1. The number of carboxylic acid groups (broad SMARTS) is 1. The molecule has 0 radical (unpaired) electrons. The maximum atomic E-state index is 13.9. The van der Waals surface area contributed by atoms with E-state index in [0.717, 1.165) is 23.1 Å². The summed E-state index contributed by atoms with van der Waals surface area (Å²) >= 11 is 0.